The van der Waals surface area contributed by atoms with Gasteiger partial charge in [0.1, 0.15) is 17.8 Å². The monoisotopic (exact) mass is 485 g/mol. The Bertz CT molecular complexity index is 1090. The topological polar surface area (TPSA) is 96.5 Å². The summed E-state index contributed by atoms with van der Waals surface area (Å²) in [5.74, 6) is -0.708. The van der Waals surface area contributed by atoms with Crippen LogP contribution >= 0.6 is 11.3 Å². The highest BCUT2D eigenvalue weighted by Crippen LogP contribution is 2.41. The Morgan fingerprint density at radius 1 is 1.12 bits per heavy atom. The maximum Gasteiger partial charge on any atom is 0.407 e. The van der Waals surface area contributed by atoms with Crippen LogP contribution in [0.1, 0.15) is 52.0 Å². The summed E-state index contributed by atoms with van der Waals surface area (Å²) < 4.78 is 18.7. The molecule has 0 saturated heterocycles. The maximum absolute atomic E-state index is 13.4. The molecule has 2 saturated carbocycles. The SMILES string of the molecule is O=C(N[C@H]1CCc2sc(NC(=O)C3CC3F)c(C(=O)NCC3CC3)c2C1)OCc1ccccc1. The minimum atomic E-state index is -1.10. The van der Waals surface area contributed by atoms with E-state index in [1.807, 2.05) is 30.3 Å². The largest absolute Gasteiger partial charge is 0.445 e. The van der Waals surface area contributed by atoms with E-state index in [0.29, 0.717) is 42.3 Å². The first kappa shape index (κ1) is 22.8. The summed E-state index contributed by atoms with van der Waals surface area (Å²) in [6.45, 7) is 0.796. The molecule has 0 aliphatic heterocycles. The smallest absolute Gasteiger partial charge is 0.407 e. The summed E-state index contributed by atoms with van der Waals surface area (Å²) >= 11 is 1.38. The van der Waals surface area contributed by atoms with Crippen LogP contribution in [0.25, 0.3) is 0 Å². The van der Waals surface area contributed by atoms with E-state index >= 15 is 0 Å². The lowest BCUT2D eigenvalue weighted by atomic mass is 9.91. The molecule has 0 bridgehead atoms. The first-order valence-electron chi connectivity index (χ1n) is 11.8. The van der Waals surface area contributed by atoms with Crippen molar-refractivity contribution in [2.24, 2.45) is 11.8 Å². The fourth-order valence-corrected chi connectivity index (χ4v) is 5.50. The molecule has 0 radical (unpaired) electrons. The molecule has 34 heavy (non-hydrogen) atoms. The number of hydrogen-bond donors (Lipinski definition) is 3. The van der Waals surface area contributed by atoms with Crippen LogP contribution in [0.5, 0.6) is 0 Å². The molecule has 2 fully saturated rings. The van der Waals surface area contributed by atoms with Crippen molar-refractivity contribution in [1.82, 2.24) is 10.6 Å². The van der Waals surface area contributed by atoms with E-state index in [0.717, 1.165) is 28.8 Å². The Kier molecular flexibility index (Phi) is 6.54. The fraction of sp³-hybridized carbons (Fsp3) is 0.480. The number of benzene rings is 1. The Balaban J connectivity index is 1.27. The molecule has 0 spiro atoms. The minimum absolute atomic E-state index is 0.178. The molecular formula is C25H28FN3O4S. The zero-order chi connectivity index (χ0) is 23.7. The number of anilines is 1. The van der Waals surface area contributed by atoms with Crippen LogP contribution in [0.15, 0.2) is 30.3 Å². The second-order valence-corrected chi connectivity index (χ2v) is 10.5. The van der Waals surface area contributed by atoms with Crippen molar-refractivity contribution in [2.45, 2.75) is 57.3 Å². The average Bonchev–Trinajstić information content (AvgIpc) is 3.75. The number of thiophene rings is 1. The lowest BCUT2D eigenvalue weighted by molar-refractivity contribution is -0.117. The number of carbonyl (C=O) groups excluding carboxylic acids is 3. The summed E-state index contributed by atoms with van der Waals surface area (Å²) in [5.41, 5.74) is 2.21. The molecule has 180 valence electrons. The van der Waals surface area contributed by atoms with Crippen LogP contribution in [0.3, 0.4) is 0 Å². The maximum atomic E-state index is 13.4. The van der Waals surface area contributed by atoms with E-state index in [9.17, 15) is 18.8 Å². The summed E-state index contributed by atoms with van der Waals surface area (Å²) in [7, 11) is 0. The number of aryl methyl sites for hydroxylation is 1. The zero-order valence-electron chi connectivity index (χ0n) is 18.8. The molecule has 2 unspecified atom stereocenters. The van der Waals surface area contributed by atoms with Gasteiger partial charge in [-0.15, -0.1) is 11.3 Å². The molecule has 1 aromatic carbocycles. The molecule has 1 heterocycles. The van der Waals surface area contributed by atoms with Gasteiger partial charge in [0.15, 0.2) is 0 Å². The lowest BCUT2D eigenvalue weighted by Gasteiger charge is -2.24. The molecule has 3 aliphatic carbocycles. The van der Waals surface area contributed by atoms with E-state index in [1.54, 1.807) is 0 Å². The molecule has 7 nitrogen and oxygen atoms in total. The third-order valence-electron chi connectivity index (χ3n) is 6.56. The Morgan fingerprint density at radius 3 is 2.59 bits per heavy atom. The second kappa shape index (κ2) is 9.74. The van der Waals surface area contributed by atoms with Gasteiger partial charge in [0.25, 0.3) is 5.91 Å². The van der Waals surface area contributed by atoms with Crippen LogP contribution in [0.4, 0.5) is 14.2 Å². The number of halogens is 1. The van der Waals surface area contributed by atoms with Gasteiger partial charge in [-0.25, -0.2) is 9.18 Å². The van der Waals surface area contributed by atoms with Gasteiger partial charge >= 0.3 is 6.09 Å². The van der Waals surface area contributed by atoms with Crippen LogP contribution in [-0.2, 0) is 29.0 Å². The Labute approximate surface area is 201 Å². The summed E-state index contributed by atoms with van der Waals surface area (Å²) in [6, 6.07) is 9.28. The van der Waals surface area contributed by atoms with Gasteiger partial charge in [-0.1, -0.05) is 30.3 Å². The molecule has 3 atom stereocenters. The van der Waals surface area contributed by atoms with Gasteiger partial charge in [0.05, 0.1) is 11.5 Å². The fourth-order valence-electron chi connectivity index (χ4n) is 4.25. The third kappa shape index (κ3) is 5.41. The number of alkyl halides is 1. The van der Waals surface area contributed by atoms with Gasteiger partial charge in [0.2, 0.25) is 5.91 Å². The second-order valence-electron chi connectivity index (χ2n) is 9.35. The Hall–Kier alpha value is -2.94. The number of hydrogen-bond acceptors (Lipinski definition) is 5. The van der Waals surface area contributed by atoms with Crippen molar-refractivity contribution in [3.8, 4) is 0 Å². The highest BCUT2D eigenvalue weighted by Gasteiger charge is 2.44. The van der Waals surface area contributed by atoms with Crippen LogP contribution in [0.2, 0.25) is 0 Å². The normalized spacial score (nSPS) is 22.9. The number of alkyl carbamates (subject to hydrolysis) is 1. The molecule has 3 amide bonds. The first-order chi connectivity index (χ1) is 16.5. The first-order valence-corrected chi connectivity index (χ1v) is 12.6. The number of amides is 3. The number of fused-ring (bicyclic) bond motifs is 1. The van der Waals surface area contributed by atoms with Crippen LogP contribution in [0, 0.1) is 11.8 Å². The number of ether oxygens (including phenoxy) is 1. The summed E-state index contributed by atoms with van der Waals surface area (Å²) in [6.07, 6.45) is 2.73. The molecule has 2 aromatic rings. The van der Waals surface area contributed by atoms with Crippen molar-refractivity contribution < 1.29 is 23.5 Å². The number of nitrogens with one attached hydrogen (secondary N) is 3. The molecule has 1 aromatic heterocycles. The highest BCUT2D eigenvalue weighted by molar-refractivity contribution is 7.17. The van der Waals surface area contributed by atoms with Gasteiger partial charge in [-0.2, -0.15) is 0 Å². The minimum Gasteiger partial charge on any atom is -0.445 e. The average molecular weight is 486 g/mol. The zero-order valence-corrected chi connectivity index (χ0v) is 19.6. The van der Waals surface area contributed by atoms with Crippen molar-refractivity contribution in [3.05, 3.63) is 51.9 Å². The molecule has 5 rings (SSSR count). The lowest BCUT2D eigenvalue weighted by Crippen LogP contribution is -2.39. The quantitative estimate of drug-likeness (QED) is 0.527. The van der Waals surface area contributed by atoms with Gasteiger partial charge in [0, 0.05) is 17.5 Å². The predicted molar refractivity (Wildman–Crippen MR) is 127 cm³/mol. The number of carbonyl (C=O) groups is 3. The van der Waals surface area contributed by atoms with Crippen LogP contribution < -0.4 is 16.0 Å². The molecular weight excluding hydrogens is 457 g/mol. The molecule has 3 N–H and O–H groups in total. The Morgan fingerprint density at radius 2 is 1.88 bits per heavy atom. The van der Waals surface area contributed by atoms with Gasteiger partial charge in [-0.05, 0) is 55.6 Å². The molecule has 3 aliphatic rings. The van der Waals surface area contributed by atoms with E-state index in [1.165, 1.54) is 11.3 Å². The summed E-state index contributed by atoms with van der Waals surface area (Å²) in [5, 5.41) is 9.19. The standard InChI is InChI=1S/C25H28FN3O4S/c26-19-11-17(19)22(30)29-24-21(23(31)27-12-14-6-7-14)18-10-16(8-9-20(18)34-24)28-25(32)33-13-15-4-2-1-3-5-15/h1-5,14,16-17,19H,6-13H2,(H,27,31)(H,28,32)(H,29,30)/t16-,17?,19?/m0/s1. The highest BCUT2D eigenvalue weighted by atomic mass is 32.1. The summed E-state index contributed by atoms with van der Waals surface area (Å²) in [4.78, 5) is 38.9. The number of rotatable bonds is 8. The van der Waals surface area contributed by atoms with E-state index < -0.39 is 18.2 Å². The van der Waals surface area contributed by atoms with Crippen molar-refractivity contribution in [3.63, 3.8) is 0 Å². The van der Waals surface area contributed by atoms with Crippen molar-refractivity contribution in [2.75, 3.05) is 11.9 Å². The predicted octanol–water partition coefficient (Wildman–Crippen LogP) is 3.97. The van der Waals surface area contributed by atoms with E-state index in [2.05, 4.69) is 16.0 Å². The van der Waals surface area contributed by atoms with Crippen molar-refractivity contribution in [1.29, 1.82) is 0 Å². The van der Waals surface area contributed by atoms with E-state index in [4.69, 9.17) is 4.74 Å². The third-order valence-corrected chi connectivity index (χ3v) is 7.76. The van der Waals surface area contributed by atoms with E-state index in [-0.39, 0.29) is 30.9 Å². The van der Waals surface area contributed by atoms with Gasteiger partial charge < -0.3 is 20.7 Å². The van der Waals surface area contributed by atoms with Crippen LogP contribution in [-0.4, -0.2) is 36.7 Å². The van der Waals surface area contributed by atoms with Gasteiger partial charge in [-0.3, -0.25) is 9.59 Å². The van der Waals surface area contributed by atoms with Crippen molar-refractivity contribution >= 4 is 34.2 Å². The molecule has 9 heteroatoms.